The Morgan fingerprint density at radius 3 is 2.36 bits per heavy atom. The summed E-state index contributed by atoms with van der Waals surface area (Å²) in [4.78, 5) is 44.2. The van der Waals surface area contributed by atoms with Gasteiger partial charge in [0, 0.05) is 45.2 Å². The molecule has 2 aromatic heterocycles. The Bertz CT molecular complexity index is 1280. The fourth-order valence-electron chi connectivity index (χ4n) is 3.39. The van der Waals surface area contributed by atoms with Crippen LogP contribution in [0.3, 0.4) is 0 Å². The van der Waals surface area contributed by atoms with E-state index in [0.717, 1.165) is 9.84 Å². The predicted octanol–water partition coefficient (Wildman–Crippen LogP) is 3.73. The van der Waals surface area contributed by atoms with Crippen molar-refractivity contribution >= 4 is 39.5 Å². The first-order valence-electron chi connectivity index (χ1n) is 8.60. The summed E-state index contributed by atoms with van der Waals surface area (Å²) in [7, 11) is 0. The molecule has 0 radical (unpaired) electrons. The maximum atomic E-state index is 12.8. The topological polar surface area (TPSA) is 80.5 Å². The molecule has 2 heterocycles. The van der Waals surface area contributed by atoms with Gasteiger partial charge in [-0.2, -0.15) is 0 Å². The van der Waals surface area contributed by atoms with Crippen LogP contribution < -0.4 is 5.32 Å². The molecule has 1 aliphatic carbocycles. The molecule has 7 heteroatoms. The number of aromatic nitrogens is 2. The van der Waals surface area contributed by atoms with Crippen LogP contribution in [0.5, 0.6) is 0 Å². The minimum absolute atomic E-state index is 0.187. The van der Waals surface area contributed by atoms with Gasteiger partial charge in [0.05, 0.1) is 0 Å². The lowest BCUT2D eigenvalue weighted by Gasteiger charge is -2.18. The number of fused-ring (bicyclic) bond motifs is 3. The second-order valence-electron chi connectivity index (χ2n) is 6.58. The Labute approximate surface area is 163 Å². The van der Waals surface area contributed by atoms with E-state index in [0.29, 0.717) is 27.9 Å². The monoisotopic (exact) mass is 387 g/mol. The van der Waals surface area contributed by atoms with Crippen LogP contribution in [0.2, 0.25) is 0 Å². The van der Waals surface area contributed by atoms with Crippen molar-refractivity contribution in [3.8, 4) is 0 Å². The smallest absolute Gasteiger partial charge is 0.275 e. The van der Waals surface area contributed by atoms with Gasteiger partial charge in [0.25, 0.3) is 5.91 Å². The lowest BCUT2D eigenvalue weighted by molar-refractivity contribution is 0.0979. The van der Waals surface area contributed by atoms with E-state index in [1.54, 1.807) is 53.1 Å². The van der Waals surface area contributed by atoms with Gasteiger partial charge >= 0.3 is 0 Å². The Morgan fingerprint density at radius 1 is 0.964 bits per heavy atom. The van der Waals surface area contributed by atoms with Gasteiger partial charge in [0.15, 0.2) is 16.5 Å². The number of benzene rings is 2. The zero-order valence-electron chi connectivity index (χ0n) is 14.7. The second-order valence-corrected chi connectivity index (χ2v) is 7.79. The minimum atomic E-state index is -0.372. The molecule has 0 fully saturated rings. The lowest BCUT2D eigenvalue weighted by atomic mass is 9.84. The summed E-state index contributed by atoms with van der Waals surface area (Å²) in [5.74, 6) is -0.782. The van der Waals surface area contributed by atoms with Crippen LogP contribution in [0, 0.1) is 6.92 Å². The highest BCUT2D eigenvalue weighted by atomic mass is 32.1. The molecule has 0 saturated carbocycles. The first kappa shape index (κ1) is 16.6. The molecule has 5 rings (SSSR count). The maximum absolute atomic E-state index is 12.8. The van der Waals surface area contributed by atoms with Crippen LogP contribution in [0.25, 0.3) is 4.96 Å². The van der Waals surface area contributed by atoms with E-state index in [4.69, 9.17) is 0 Å². The lowest BCUT2D eigenvalue weighted by Crippen LogP contribution is -2.21. The standard InChI is InChI=1S/C21H13N3O3S/c1-11-9-24-10-17(23-21(24)28-11)20(27)22-12-6-7-15-16(8-12)19(26)14-5-3-2-4-13(14)18(15)25/h2-10H,1H3,(H,22,27). The Morgan fingerprint density at radius 2 is 1.64 bits per heavy atom. The Kier molecular flexibility index (Phi) is 3.53. The number of ketones is 2. The zero-order valence-corrected chi connectivity index (χ0v) is 15.5. The first-order chi connectivity index (χ1) is 13.5. The van der Waals surface area contributed by atoms with Gasteiger partial charge in [-0.25, -0.2) is 4.98 Å². The number of imidazole rings is 1. The fourth-order valence-corrected chi connectivity index (χ4v) is 4.20. The molecule has 4 aromatic rings. The van der Waals surface area contributed by atoms with Gasteiger partial charge in [-0.1, -0.05) is 24.3 Å². The molecular formula is C21H13N3O3S. The summed E-state index contributed by atoms with van der Waals surface area (Å²) in [5.41, 5.74) is 2.16. The summed E-state index contributed by atoms with van der Waals surface area (Å²) in [6, 6.07) is 11.5. The number of thiazole rings is 1. The van der Waals surface area contributed by atoms with Crippen LogP contribution in [0.1, 0.15) is 47.2 Å². The van der Waals surface area contributed by atoms with E-state index in [-0.39, 0.29) is 23.2 Å². The van der Waals surface area contributed by atoms with Crippen molar-refractivity contribution in [2.75, 3.05) is 5.32 Å². The molecule has 2 aromatic carbocycles. The molecule has 136 valence electrons. The van der Waals surface area contributed by atoms with Crippen molar-refractivity contribution in [2.24, 2.45) is 0 Å². The zero-order chi connectivity index (χ0) is 19.4. The number of hydrogen-bond acceptors (Lipinski definition) is 5. The van der Waals surface area contributed by atoms with Gasteiger partial charge in [0.2, 0.25) is 0 Å². The summed E-state index contributed by atoms with van der Waals surface area (Å²) >= 11 is 1.50. The van der Waals surface area contributed by atoms with E-state index in [1.165, 1.54) is 11.3 Å². The third-order valence-corrected chi connectivity index (χ3v) is 5.60. The largest absolute Gasteiger partial charge is 0.321 e. The van der Waals surface area contributed by atoms with Crippen molar-refractivity contribution < 1.29 is 14.4 Å². The number of amides is 1. The normalized spacial score (nSPS) is 12.8. The SMILES string of the molecule is Cc1cn2cc(C(=O)Nc3ccc4c(c3)C(=O)c3ccccc3C4=O)nc2s1. The second kappa shape index (κ2) is 5.97. The number of hydrogen-bond donors (Lipinski definition) is 1. The molecule has 28 heavy (non-hydrogen) atoms. The number of nitrogens with one attached hydrogen (secondary N) is 1. The predicted molar refractivity (Wildman–Crippen MR) is 106 cm³/mol. The molecule has 0 saturated heterocycles. The molecule has 0 spiro atoms. The highest BCUT2D eigenvalue weighted by molar-refractivity contribution is 7.17. The van der Waals surface area contributed by atoms with Gasteiger partial charge < -0.3 is 5.32 Å². The molecule has 1 N–H and O–H groups in total. The molecular weight excluding hydrogens is 374 g/mol. The van der Waals surface area contributed by atoms with E-state index in [9.17, 15) is 14.4 Å². The van der Waals surface area contributed by atoms with Crippen LogP contribution >= 0.6 is 11.3 Å². The molecule has 1 aliphatic rings. The number of carbonyl (C=O) groups is 3. The van der Waals surface area contributed by atoms with Crippen molar-refractivity contribution in [3.05, 3.63) is 87.7 Å². The van der Waals surface area contributed by atoms with Crippen molar-refractivity contribution in [2.45, 2.75) is 6.92 Å². The van der Waals surface area contributed by atoms with Crippen molar-refractivity contribution in [1.82, 2.24) is 9.38 Å². The van der Waals surface area contributed by atoms with E-state index in [2.05, 4.69) is 10.3 Å². The Balaban J connectivity index is 1.47. The molecule has 1 amide bonds. The van der Waals surface area contributed by atoms with E-state index >= 15 is 0 Å². The van der Waals surface area contributed by atoms with Gasteiger partial charge in [-0.15, -0.1) is 11.3 Å². The Hall–Kier alpha value is -3.58. The quantitative estimate of drug-likeness (QED) is 0.500. The summed E-state index contributed by atoms with van der Waals surface area (Å²) < 4.78 is 1.81. The number of anilines is 1. The number of rotatable bonds is 2. The van der Waals surface area contributed by atoms with E-state index in [1.807, 2.05) is 13.1 Å². The van der Waals surface area contributed by atoms with Gasteiger partial charge in [0.1, 0.15) is 5.69 Å². The summed E-state index contributed by atoms with van der Waals surface area (Å²) in [6.45, 7) is 1.97. The fraction of sp³-hybridized carbons (Fsp3) is 0.0476. The van der Waals surface area contributed by atoms with Gasteiger partial charge in [-0.3, -0.25) is 18.8 Å². The molecule has 6 nitrogen and oxygen atoms in total. The third-order valence-electron chi connectivity index (χ3n) is 4.69. The van der Waals surface area contributed by atoms with E-state index < -0.39 is 0 Å². The highest BCUT2D eigenvalue weighted by Crippen LogP contribution is 2.29. The maximum Gasteiger partial charge on any atom is 0.275 e. The molecule has 0 unspecified atom stereocenters. The molecule has 0 aliphatic heterocycles. The minimum Gasteiger partial charge on any atom is -0.321 e. The molecule has 0 bridgehead atoms. The summed E-state index contributed by atoms with van der Waals surface area (Å²) in [6.07, 6.45) is 3.57. The highest BCUT2D eigenvalue weighted by Gasteiger charge is 2.29. The number of aryl methyl sites for hydroxylation is 1. The average molecular weight is 387 g/mol. The van der Waals surface area contributed by atoms with Crippen molar-refractivity contribution in [3.63, 3.8) is 0 Å². The average Bonchev–Trinajstić information content (AvgIpc) is 3.23. The summed E-state index contributed by atoms with van der Waals surface area (Å²) in [5, 5.41) is 2.76. The molecule has 0 atom stereocenters. The first-order valence-corrected chi connectivity index (χ1v) is 9.42. The van der Waals surface area contributed by atoms with Crippen LogP contribution in [0.15, 0.2) is 54.9 Å². The van der Waals surface area contributed by atoms with Crippen molar-refractivity contribution in [1.29, 1.82) is 0 Å². The van der Waals surface area contributed by atoms with Gasteiger partial charge in [-0.05, 0) is 25.1 Å². The van der Waals surface area contributed by atoms with Crippen LogP contribution in [0.4, 0.5) is 5.69 Å². The number of nitrogens with zero attached hydrogens (tertiary/aromatic N) is 2. The van der Waals surface area contributed by atoms with Crippen LogP contribution in [-0.2, 0) is 0 Å². The van der Waals surface area contributed by atoms with Crippen LogP contribution in [-0.4, -0.2) is 26.9 Å². The number of carbonyl (C=O) groups excluding carboxylic acids is 3. The third kappa shape index (κ3) is 2.48.